The SMILES string of the molecule is COC1(C)CCCN(C(=O)N2CCCCC2)C1. The highest BCUT2D eigenvalue weighted by molar-refractivity contribution is 5.74. The number of hydrogen-bond donors (Lipinski definition) is 0. The molecule has 1 unspecified atom stereocenters. The normalized spacial score (nSPS) is 30.5. The maximum absolute atomic E-state index is 12.4. The number of piperidine rings is 2. The Balaban J connectivity index is 1.94. The Morgan fingerprint density at radius 3 is 2.35 bits per heavy atom. The summed E-state index contributed by atoms with van der Waals surface area (Å²) in [5, 5.41) is 0. The lowest BCUT2D eigenvalue weighted by molar-refractivity contribution is -0.0436. The highest BCUT2D eigenvalue weighted by atomic mass is 16.5. The summed E-state index contributed by atoms with van der Waals surface area (Å²) in [4.78, 5) is 16.3. The van der Waals surface area contributed by atoms with Crippen molar-refractivity contribution in [3.8, 4) is 0 Å². The van der Waals surface area contributed by atoms with Crippen molar-refractivity contribution in [2.45, 2.75) is 44.6 Å². The first kappa shape index (κ1) is 12.7. The number of carbonyl (C=O) groups excluding carboxylic acids is 1. The van der Waals surface area contributed by atoms with Gasteiger partial charge in [0.25, 0.3) is 0 Å². The van der Waals surface area contributed by atoms with Crippen LogP contribution < -0.4 is 0 Å². The Hall–Kier alpha value is -0.770. The van der Waals surface area contributed by atoms with Gasteiger partial charge in [-0.2, -0.15) is 0 Å². The molecule has 0 radical (unpaired) electrons. The van der Waals surface area contributed by atoms with E-state index < -0.39 is 0 Å². The minimum absolute atomic E-state index is 0.149. The van der Waals surface area contributed by atoms with Crippen LogP contribution in [0.4, 0.5) is 4.79 Å². The first-order chi connectivity index (χ1) is 8.14. The topological polar surface area (TPSA) is 32.8 Å². The van der Waals surface area contributed by atoms with Crippen LogP contribution in [-0.2, 0) is 4.74 Å². The monoisotopic (exact) mass is 240 g/mol. The lowest BCUT2D eigenvalue weighted by Crippen LogP contribution is -2.54. The van der Waals surface area contributed by atoms with Gasteiger partial charge >= 0.3 is 6.03 Å². The molecule has 0 aromatic heterocycles. The largest absolute Gasteiger partial charge is 0.377 e. The summed E-state index contributed by atoms with van der Waals surface area (Å²) in [6.07, 6.45) is 5.67. The molecule has 0 aromatic rings. The number of rotatable bonds is 1. The lowest BCUT2D eigenvalue weighted by atomic mass is 9.95. The molecule has 0 aliphatic carbocycles. The standard InChI is InChI=1S/C13H24N2O2/c1-13(17-2)7-6-10-15(11-13)12(16)14-8-4-3-5-9-14/h3-11H2,1-2H3. The molecule has 0 spiro atoms. The molecule has 2 amide bonds. The highest BCUT2D eigenvalue weighted by Gasteiger charge is 2.34. The van der Waals surface area contributed by atoms with Crippen LogP contribution in [0.2, 0.25) is 0 Å². The molecule has 1 atom stereocenters. The number of likely N-dealkylation sites (tertiary alicyclic amines) is 2. The van der Waals surface area contributed by atoms with Crippen molar-refractivity contribution in [3.63, 3.8) is 0 Å². The van der Waals surface area contributed by atoms with Gasteiger partial charge in [-0.3, -0.25) is 0 Å². The van der Waals surface area contributed by atoms with Crippen molar-refractivity contribution in [2.24, 2.45) is 0 Å². The van der Waals surface area contributed by atoms with Crippen molar-refractivity contribution in [3.05, 3.63) is 0 Å². The number of ether oxygens (including phenoxy) is 1. The summed E-state index contributed by atoms with van der Waals surface area (Å²) in [5.41, 5.74) is -0.149. The minimum atomic E-state index is -0.149. The predicted molar refractivity (Wildman–Crippen MR) is 67.0 cm³/mol. The first-order valence-electron chi connectivity index (χ1n) is 6.74. The zero-order valence-corrected chi connectivity index (χ0v) is 11.1. The summed E-state index contributed by atoms with van der Waals surface area (Å²) >= 11 is 0. The molecule has 2 heterocycles. The second-order valence-electron chi connectivity index (χ2n) is 5.51. The molecule has 0 bridgehead atoms. The van der Waals surface area contributed by atoms with E-state index in [0.717, 1.165) is 51.9 Å². The molecule has 2 fully saturated rings. The molecule has 17 heavy (non-hydrogen) atoms. The Kier molecular flexibility index (Phi) is 3.92. The third kappa shape index (κ3) is 2.92. The second kappa shape index (κ2) is 5.25. The summed E-state index contributed by atoms with van der Waals surface area (Å²) in [6.45, 7) is 5.58. The van der Waals surface area contributed by atoms with Crippen LogP contribution in [0.3, 0.4) is 0 Å². The molecular formula is C13H24N2O2. The van der Waals surface area contributed by atoms with E-state index in [1.165, 1.54) is 6.42 Å². The first-order valence-corrected chi connectivity index (χ1v) is 6.74. The van der Waals surface area contributed by atoms with Crippen LogP contribution in [0.5, 0.6) is 0 Å². The Morgan fingerprint density at radius 1 is 1.06 bits per heavy atom. The van der Waals surface area contributed by atoms with E-state index in [2.05, 4.69) is 6.92 Å². The van der Waals surface area contributed by atoms with Crippen molar-refractivity contribution in [1.29, 1.82) is 0 Å². The van der Waals surface area contributed by atoms with Gasteiger partial charge in [0.2, 0.25) is 0 Å². The molecular weight excluding hydrogens is 216 g/mol. The average molecular weight is 240 g/mol. The van der Waals surface area contributed by atoms with Crippen LogP contribution in [0.25, 0.3) is 0 Å². The summed E-state index contributed by atoms with van der Waals surface area (Å²) in [6, 6.07) is 0.215. The van der Waals surface area contributed by atoms with Gasteiger partial charge in [-0.25, -0.2) is 4.79 Å². The minimum Gasteiger partial charge on any atom is -0.377 e. The van der Waals surface area contributed by atoms with Crippen LogP contribution in [-0.4, -0.2) is 54.7 Å². The fourth-order valence-electron chi connectivity index (χ4n) is 2.82. The van der Waals surface area contributed by atoms with Gasteiger partial charge in [0, 0.05) is 26.7 Å². The lowest BCUT2D eigenvalue weighted by Gasteiger charge is -2.42. The van der Waals surface area contributed by atoms with E-state index >= 15 is 0 Å². The highest BCUT2D eigenvalue weighted by Crippen LogP contribution is 2.25. The summed E-state index contributed by atoms with van der Waals surface area (Å²) in [7, 11) is 1.74. The van der Waals surface area contributed by atoms with Crippen LogP contribution >= 0.6 is 0 Å². The average Bonchev–Trinajstić information content (AvgIpc) is 2.39. The Bertz CT molecular complexity index is 277. The number of amides is 2. The molecule has 0 N–H and O–H groups in total. The van der Waals surface area contributed by atoms with Crippen LogP contribution in [0, 0.1) is 0 Å². The number of carbonyl (C=O) groups is 1. The quantitative estimate of drug-likeness (QED) is 0.703. The third-order valence-corrected chi connectivity index (χ3v) is 4.05. The van der Waals surface area contributed by atoms with Crippen molar-refractivity contribution >= 4 is 6.03 Å². The maximum atomic E-state index is 12.4. The number of nitrogens with zero attached hydrogens (tertiary/aromatic N) is 2. The molecule has 2 saturated heterocycles. The Morgan fingerprint density at radius 2 is 1.71 bits per heavy atom. The smallest absolute Gasteiger partial charge is 0.320 e. The third-order valence-electron chi connectivity index (χ3n) is 4.05. The van der Waals surface area contributed by atoms with E-state index in [4.69, 9.17) is 4.74 Å². The molecule has 4 nitrogen and oxygen atoms in total. The Labute approximate surface area is 104 Å². The number of urea groups is 1. The van der Waals surface area contributed by atoms with Gasteiger partial charge in [0.15, 0.2) is 0 Å². The van der Waals surface area contributed by atoms with Crippen molar-refractivity contribution in [2.75, 3.05) is 33.3 Å². The van der Waals surface area contributed by atoms with Gasteiger partial charge in [-0.15, -0.1) is 0 Å². The fourth-order valence-corrected chi connectivity index (χ4v) is 2.82. The summed E-state index contributed by atoms with van der Waals surface area (Å²) in [5.74, 6) is 0. The van der Waals surface area contributed by atoms with Crippen molar-refractivity contribution in [1.82, 2.24) is 9.80 Å². The molecule has 4 heteroatoms. The van der Waals surface area contributed by atoms with Gasteiger partial charge in [0.05, 0.1) is 12.1 Å². The molecule has 2 aliphatic heterocycles. The zero-order chi connectivity index (χ0) is 12.3. The molecule has 2 rings (SSSR count). The van der Waals surface area contributed by atoms with Crippen LogP contribution in [0.15, 0.2) is 0 Å². The van der Waals surface area contributed by atoms with E-state index in [1.54, 1.807) is 7.11 Å². The summed E-state index contributed by atoms with van der Waals surface area (Å²) < 4.78 is 5.53. The molecule has 0 saturated carbocycles. The van der Waals surface area contributed by atoms with Gasteiger partial charge < -0.3 is 14.5 Å². The number of methoxy groups -OCH3 is 1. The maximum Gasteiger partial charge on any atom is 0.320 e. The van der Waals surface area contributed by atoms with E-state index in [-0.39, 0.29) is 11.6 Å². The second-order valence-corrected chi connectivity index (χ2v) is 5.51. The van der Waals surface area contributed by atoms with Gasteiger partial charge in [-0.05, 0) is 39.0 Å². The molecule has 98 valence electrons. The van der Waals surface area contributed by atoms with Crippen LogP contribution in [0.1, 0.15) is 39.0 Å². The predicted octanol–water partition coefficient (Wildman–Crippen LogP) is 2.09. The zero-order valence-electron chi connectivity index (χ0n) is 11.1. The fraction of sp³-hybridized carbons (Fsp3) is 0.923. The van der Waals surface area contributed by atoms with E-state index in [9.17, 15) is 4.79 Å². The molecule has 0 aromatic carbocycles. The van der Waals surface area contributed by atoms with E-state index in [1.807, 2.05) is 9.80 Å². The van der Waals surface area contributed by atoms with E-state index in [0.29, 0.717) is 0 Å². The number of hydrogen-bond acceptors (Lipinski definition) is 2. The van der Waals surface area contributed by atoms with Gasteiger partial charge in [0.1, 0.15) is 0 Å². The van der Waals surface area contributed by atoms with Gasteiger partial charge in [-0.1, -0.05) is 0 Å². The van der Waals surface area contributed by atoms with Crippen molar-refractivity contribution < 1.29 is 9.53 Å². The molecule has 2 aliphatic rings.